The molecule has 1 heterocycles. The number of hydrazone groups is 1. The molecule has 2 aromatic carbocycles. The molecule has 27 heavy (non-hydrogen) atoms. The number of nitrogens with one attached hydrogen (secondary N) is 1. The highest BCUT2D eigenvalue weighted by atomic mass is 35.5. The Morgan fingerprint density at radius 2 is 2.00 bits per heavy atom. The number of nitrogens with zero attached hydrogens (tertiary/aromatic N) is 2. The van der Waals surface area contributed by atoms with E-state index in [1.54, 1.807) is 55.5 Å². The van der Waals surface area contributed by atoms with Crippen LogP contribution >= 0.6 is 11.6 Å². The van der Waals surface area contributed by atoms with Gasteiger partial charge in [-0.2, -0.15) is 5.10 Å². The van der Waals surface area contributed by atoms with Crippen LogP contribution in [0.3, 0.4) is 0 Å². The topological polar surface area (TPSA) is 97.7 Å². The van der Waals surface area contributed by atoms with Gasteiger partial charge in [0.05, 0.1) is 21.7 Å². The van der Waals surface area contributed by atoms with Gasteiger partial charge in [-0.15, -0.1) is 0 Å². The summed E-state index contributed by atoms with van der Waals surface area (Å²) in [6, 6.07) is 14.8. The number of halogens is 1. The summed E-state index contributed by atoms with van der Waals surface area (Å²) < 4.78 is 5.61. The predicted octanol–water partition coefficient (Wildman–Crippen LogP) is 4.58. The number of nitro groups is 1. The van der Waals surface area contributed by atoms with Gasteiger partial charge in [0.15, 0.2) is 0 Å². The van der Waals surface area contributed by atoms with Crippen molar-refractivity contribution < 1.29 is 14.1 Å². The first-order chi connectivity index (χ1) is 13.0. The van der Waals surface area contributed by atoms with Crippen LogP contribution in [0.25, 0.3) is 11.3 Å². The lowest BCUT2D eigenvalue weighted by Gasteiger charge is -2.01. The minimum absolute atomic E-state index is 0.0196. The lowest BCUT2D eigenvalue weighted by Crippen LogP contribution is -2.17. The first kappa shape index (κ1) is 18.3. The van der Waals surface area contributed by atoms with Gasteiger partial charge >= 0.3 is 0 Å². The molecule has 0 saturated carbocycles. The molecular weight excluding hydrogens is 370 g/mol. The summed E-state index contributed by atoms with van der Waals surface area (Å²) in [6.45, 7) is 1.67. The Bertz CT molecular complexity index is 1040. The van der Waals surface area contributed by atoms with Crippen molar-refractivity contribution in [1.29, 1.82) is 0 Å². The molecule has 0 spiro atoms. The summed E-state index contributed by atoms with van der Waals surface area (Å²) in [6.07, 6.45) is 1.33. The summed E-state index contributed by atoms with van der Waals surface area (Å²) >= 11 is 5.95. The lowest BCUT2D eigenvalue weighted by atomic mass is 10.1. The number of carbonyl (C=O) groups is 1. The lowest BCUT2D eigenvalue weighted by molar-refractivity contribution is -0.385. The molecule has 7 nitrogen and oxygen atoms in total. The molecule has 1 aromatic heterocycles. The van der Waals surface area contributed by atoms with Crippen LogP contribution in [-0.4, -0.2) is 17.0 Å². The number of carbonyl (C=O) groups excluding carboxylic acids is 1. The summed E-state index contributed by atoms with van der Waals surface area (Å²) in [5.41, 5.74) is 3.84. The molecule has 0 atom stereocenters. The Morgan fingerprint density at radius 3 is 2.74 bits per heavy atom. The first-order valence-electron chi connectivity index (χ1n) is 7.89. The third kappa shape index (κ3) is 4.21. The highest BCUT2D eigenvalue weighted by Gasteiger charge is 2.13. The van der Waals surface area contributed by atoms with Gasteiger partial charge in [0.2, 0.25) is 0 Å². The second-order valence-corrected chi connectivity index (χ2v) is 6.05. The molecule has 1 N–H and O–H groups in total. The van der Waals surface area contributed by atoms with Crippen molar-refractivity contribution in [3.63, 3.8) is 0 Å². The van der Waals surface area contributed by atoms with Crippen molar-refractivity contribution in [2.24, 2.45) is 5.10 Å². The molecule has 0 saturated heterocycles. The fourth-order valence-corrected chi connectivity index (χ4v) is 2.62. The second kappa shape index (κ2) is 7.84. The number of benzene rings is 2. The first-order valence-corrected chi connectivity index (χ1v) is 8.26. The fourth-order valence-electron chi connectivity index (χ4n) is 2.40. The highest BCUT2D eigenvalue weighted by molar-refractivity contribution is 6.33. The Kier molecular flexibility index (Phi) is 5.33. The van der Waals surface area contributed by atoms with E-state index in [1.165, 1.54) is 12.3 Å². The average molecular weight is 384 g/mol. The van der Waals surface area contributed by atoms with Crippen molar-refractivity contribution in [3.8, 4) is 11.3 Å². The van der Waals surface area contributed by atoms with E-state index in [1.807, 2.05) is 0 Å². The van der Waals surface area contributed by atoms with E-state index in [-0.39, 0.29) is 5.69 Å². The minimum atomic E-state index is -0.446. The average Bonchev–Trinajstić information content (AvgIpc) is 3.11. The predicted molar refractivity (Wildman–Crippen MR) is 102 cm³/mol. The van der Waals surface area contributed by atoms with Crippen LogP contribution < -0.4 is 5.43 Å². The molecular formula is C19H14ClN3O4. The van der Waals surface area contributed by atoms with Crippen molar-refractivity contribution >= 4 is 29.4 Å². The van der Waals surface area contributed by atoms with Crippen molar-refractivity contribution in [3.05, 3.63) is 86.6 Å². The third-order valence-corrected chi connectivity index (χ3v) is 4.12. The van der Waals surface area contributed by atoms with Crippen LogP contribution in [0.15, 0.2) is 64.1 Å². The smallest absolute Gasteiger partial charge is 0.273 e. The Hall–Kier alpha value is -3.45. The summed E-state index contributed by atoms with van der Waals surface area (Å²) in [5, 5.41) is 15.2. The molecule has 0 bridgehead atoms. The minimum Gasteiger partial charge on any atom is -0.455 e. The van der Waals surface area contributed by atoms with E-state index >= 15 is 0 Å². The second-order valence-electron chi connectivity index (χ2n) is 5.64. The number of furan rings is 1. The zero-order valence-corrected chi connectivity index (χ0v) is 14.9. The van der Waals surface area contributed by atoms with Crippen LogP contribution in [0, 0.1) is 17.0 Å². The molecule has 1 amide bonds. The molecule has 0 unspecified atom stereocenters. The number of aryl methyl sites for hydroxylation is 1. The van der Waals surface area contributed by atoms with E-state index in [9.17, 15) is 14.9 Å². The number of hydrogen-bond donors (Lipinski definition) is 1. The SMILES string of the molecule is Cc1ccc(-c2ccc(/C=N\NC(=O)c3ccccc3Cl)o2)cc1[N+](=O)[O-]. The molecule has 0 fully saturated rings. The van der Waals surface area contributed by atoms with Crippen LogP contribution in [0.1, 0.15) is 21.7 Å². The van der Waals surface area contributed by atoms with Crippen molar-refractivity contribution in [2.75, 3.05) is 0 Å². The monoisotopic (exact) mass is 383 g/mol. The van der Waals surface area contributed by atoms with E-state index in [0.717, 1.165) is 0 Å². The van der Waals surface area contributed by atoms with Gasteiger partial charge in [0.1, 0.15) is 11.5 Å². The molecule has 0 aliphatic carbocycles. The zero-order chi connectivity index (χ0) is 19.4. The van der Waals surface area contributed by atoms with Crippen LogP contribution in [0.4, 0.5) is 5.69 Å². The van der Waals surface area contributed by atoms with Gasteiger partial charge in [0, 0.05) is 17.2 Å². The largest absolute Gasteiger partial charge is 0.455 e. The maximum atomic E-state index is 12.0. The van der Waals surface area contributed by atoms with Gasteiger partial charge < -0.3 is 4.42 Å². The van der Waals surface area contributed by atoms with E-state index < -0.39 is 10.8 Å². The van der Waals surface area contributed by atoms with E-state index in [0.29, 0.717) is 33.2 Å². The third-order valence-electron chi connectivity index (χ3n) is 3.79. The Morgan fingerprint density at radius 1 is 1.22 bits per heavy atom. The van der Waals surface area contributed by atoms with Crippen molar-refractivity contribution in [1.82, 2.24) is 5.43 Å². The summed E-state index contributed by atoms with van der Waals surface area (Å²) in [5.74, 6) is 0.391. The maximum absolute atomic E-state index is 12.0. The van der Waals surface area contributed by atoms with Gasteiger partial charge in [0.25, 0.3) is 11.6 Å². The number of amides is 1. The normalized spacial score (nSPS) is 10.9. The van der Waals surface area contributed by atoms with Gasteiger partial charge in [-0.3, -0.25) is 14.9 Å². The number of nitro benzene ring substituents is 1. The molecule has 0 radical (unpaired) electrons. The molecule has 3 rings (SSSR count). The quantitative estimate of drug-likeness (QED) is 0.396. The standard InChI is InChI=1S/C19H14ClN3O4/c1-12-6-7-13(10-17(12)23(25)26)18-9-8-14(27-18)11-21-22-19(24)15-4-2-3-5-16(15)20/h2-11H,1H3,(H,22,24)/b21-11-. The molecule has 3 aromatic rings. The Balaban J connectivity index is 1.72. The molecule has 8 heteroatoms. The van der Waals surface area contributed by atoms with Gasteiger partial charge in [-0.05, 0) is 31.2 Å². The number of hydrogen-bond acceptors (Lipinski definition) is 5. The molecule has 136 valence electrons. The Labute approximate surface area is 159 Å². The summed E-state index contributed by atoms with van der Waals surface area (Å²) in [7, 11) is 0. The van der Waals surface area contributed by atoms with Gasteiger partial charge in [-0.25, -0.2) is 5.43 Å². The van der Waals surface area contributed by atoms with Crippen LogP contribution in [0.2, 0.25) is 5.02 Å². The fraction of sp³-hybridized carbons (Fsp3) is 0.0526. The summed E-state index contributed by atoms with van der Waals surface area (Å²) in [4.78, 5) is 22.6. The molecule has 0 aliphatic rings. The van der Waals surface area contributed by atoms with Crippen molar-refractivity contribution in [2.45, 2.75) is 6.92 Å². The van der Waals surface area contributed by atoms with E-state index in [4.69, 9.17) is 16.0 Å². The number of rotatable bonds is 5. The van der Waals surface area contributed by atoms with Crippen LogP contribution in [-0.2, 0) is 0 Å². The van der Waals surface area contributed by atoms with E-state index in [2.05, 4.69) is 10.5 Å². The molecule has 0 aliphatic heterocycles. The van der Waals surface area contributed by atoms with Gasteiger partial charge in [-0.1, -0.05) is 35.9 Å². The highest BCUT2D eigenvalue weighted by Crippen LogP contribution is 2.27. The zero-order valence-electron chi connectivity index (χ0n) is 14.2. The van der Waals surface area contributed by atoms with Crippen LogP contribution in [0.5, 0.6) is 0 Å². The maximum Gasteiger partial charge on any atom is 0.273 e.